The third-order valence-electron chi connectivity index (χ3n) is 4.49. The van der Waals surface area contributed by atoms with Crippen LogP contribution in [0, 0.1) is 0 Å². The first-order valence-electron chi connectivity index (χ1n) is 9.52. The lowest BCUT2D eigenvalue weighted by atomic mass is 10.0. The predicted molar refractivity (Wildman–Crippen MR) is 117 cm³/mol. The number of thioether (sulfide) groups is 2. The van der Waals surface area contributed by atoms with Gasteiger partial charge in [0.15, 0.2) is 6.61 Å². The fraction of sp³-hybridized carbons (Fsp3) is 0.364. The fourth-order valence-electron chi connectivity index (χ4n) is 3.07. The van der Waals surface area contributed by atoms with Crippen LogP contribution in [0.15, 0.2) is 54.6 Å². The van der Waals surface area contributed by atoms with Crippen molar-refractivity contribution in [3.8, 4) is 0 Å². The average molecular weight is 416 g/mol. The summed E-state index contributed by atoms with van der Waals surface area (Å²) in [5, 5.41) is 2.97. The van der Waals surface area contributed by atoms with E-state index in [-0.39, 0.29) is 18.6 Å². The van der Waals surface area contributed by atoms with Crippen molar-refractivity contribution >= 4 is 35.4 Å². The predicted octanol–water partition coefficient (Wildman–Crippen LogP) is 4.98. The summed E-state index contributed by atoms with van der Waals surface area (Å²) in [5.41, 5.74) is 2.74. The van der Waals surface area contributed by atoms with Gasteiger partial charge in [-0.2, -0.15) is 0 Å². The second-order valence-electron chi connectivity index (χ2n) is 6.59. The molecule has 0 unspecified atom stereocenters. The molecule has 2 aromatic carbocycles. The van der Waals surface area contributed by atoms with Crippen molar-refractivity contribution in [3.05, 3.63) is 71.3 Å². The number of rotatable bonds is 8. The molecule has 1 N–H and O–H groups in total. The summed E-state index contributed by atoms with van der Waals surface area (Å²) in [4.78, 5) is 24.5. The first-order valence-corrected chi connectivity index (χ1v) is 11.6. The zero-order valence-corrected chi connectivity index (χ0v) is 17.6. The second kappa shape index (κ2) is 10.6. The van der Waals surface area contributed by atoms with E-state index in [1.165, 1.54) is 5.56 Å². The van der Waals surface area contributed by atoms with Crippen LogP contribution in [-0.4, -0.2) is 30.0 Å². The van der Waals surface area contributed by atoms with E-state index < -0.39 is 5.97 Å². The summed E-state index contributed by atoms with van der Waals surface area (Å²) in [5.74, 6) is 1.57. The van der Waals surface area contributed by atoms with Crippen LogP contribution >= 0.6 is 23.5 Å². The lowest BCUT2D eigenvalue weighted by molar-refractivity contribution is -0.125. The number of nitrogens with one attached hydrogen (secondary N) is 1. The Balaban J connectivity index is 1.51. The monoisotopic (exact) mass is 415 g/mol. The summed E-state index contributed by atoms with van der Waals surface area (Å²) in [6.07, 6.45) is 1.78. The summed E-state index contributed by atoms with van der Waals surface area (Å²) in [6, 6.07) is 17.3. The normalized spacial score (nSPS) is 15.2. The maximum Gasteiger partial charge on any atom is 0.338 e. The van der Waals surface area contributed by atoms with Crippen LogP contribution in [0.2, 0.25) is 0 Å². The number of hydrogen-bond donors (Lipinski definition) is 1. The molecule has 1 aliphatic heterocycles. The smallest absolute Gasteiger partial charge is 0.338 e. The lowest BCUT2D eigenvalue weighted by Crippen LogP contribution is -2.32. The highest BCUT2D eigenvalue weighted by atomic mass is 32.2. The quantitative estimate of drug-likeness (QED) is 0.616. The van der Waals surface area contributed by atoms with Crippen molar-refractivity contribution in [2.24, 2.45) is 0 Å². The van der Waals surface area contributed by atoms with Crippen molar-refractivity contribution in [1.29, 1.82) is 0 Å². The molecule has 0 aromatic heterocycles. The van der Waals surface area contributed by atoms with Crippen molar-refractivity contribution in [3.63, 3.8) is 0 Å². The van der Waals surface area contributed by atoms with Crippen LogP contribution in [0.5, 0.6) is 0 Å². The van der Waals surface area contributed by atoms with Crippen molar-refractivity contribution < 1.29 is 14.3 Å². The molecule has 148 valence electrons. The molecule has 1 heterocycles. The number of carbonyl (C=O) groups excluding carboxylic acids is 2. The zero-order valence-electron chi connectivity index (χ0n) is 15.9. The first-order chi connectivity index (χ1) is 13.7. The van der Waals surface area contributed by atoms with Crippen LogP contribution < -0.4 is 5.32 Å². The molecule has 6 heteroatoms. The Hall–Kier alpha value is -1.92. The Morgan fingerprint density at radius 3 is 2.39 bits per heavy atom. The van der Waals surface area contributed by atoms with E-state index in [2.05, 4.69) is 12.2 Å². The molecule has 1 atom stereocenters. The highest BCUT2D eigenvalue weighted by molar-refractivity contribution is 8.19. The van der Waals surface area contributed by atoms with Crippen LogP contribution in [-0.2, 0) is 9.53 Å². The molecule has 0 saturated carbocycles. The van der Waals surface area contributed by atoms with E-state index in [0.717, 1.165) is 29.9 Å². The van der Waals surface area contributed by atoms with Crippen LogP contribution in [0.4, 0.5) is 0 Å². The number of benzene rings is 2. The topological polar surface area (TPSA) is 55.4 Å². The van der Waals surface area contributed by atoms with E-state index in [9.17, 15) is 9.59 Å². The van der Waals surface area contributed by atoms with Gasteiger partial charge in [-0.15, -0.1) is 23.5 Å². The molecular weight excluding hydrogens is 390 g/mol. The van der Waals surface area contributed by atoms with Gasteiger partial charge in [-0.1, -0.05) is 55.8 Å². The van der Waals surface area contributed by atoms with Crippen LogP contribution in [0.25, 0.3) is 0 Å². The van der Waals surface area contributed by atoms with E-state index in [1.807, 2.05) is 66.0 Å². The largest absolute Gasteiger partial charge is 0.452 e. The van der Waals surface area contributed by atoms with Crippen molar-refractivity contribution in [2.45, 2.75) is 30.4 Å². The zero-order chi connectivity index (χ0) is 19.8. The maximum absolute atomic E-state index is 12.3. The SMILES string of the molecule is CCC[C@@H](NC(=O)COC(=O)c1ccc(C2SCCS2)cc1)c1ccccc1. The molecule has 1 fully saturated rings. The van der Waals surface area contributed by atoms with Crippen molar-refractivity contribution in [1.82, 2.24) is 5.32 Å². The Morgan fingerprint density at radius 1 is 1.07 bits per heavy atom. The molecule has 1 aliphatic rings. The molecule has 0 aliphatic carbocycles. The molecule has 1 saturated heterocycles. The van der Waals surface area contributed by atoms with E-state index in [1.54, 1.807) is 12.1 Å². The minimum absolute atomic E-state index is 0.0712. The summed E-state index contributed by atoms with van der Waals surface area (Å²) in [6.45, 7) is 1.80. The Bertz CT molecular complexity index is 774. The average Bonchev–Trinajstić information content (AvgIpc) is 3.27. The standard InChI is InChI=1S/C22H25NO3S2/c1-2-6-19(16-7-4-3-5-8-16)23-20(24)15-26-21(25)17-9-11-18(12-10-17)22-27-13-14-28-22/h3-5,7-12,19,22H,2,6,13-15H2,1H3,(H,23,24)/t19-/m1/s1. The lowest BCUT2D eigenvalue weighted by Gasteiger charge is -2.18. The molecule has 0 radical (unpaired) electrons. The Labute approximate surface area is 174 Å². The third-order valence-corrected chi connectivity index (χ3v) is 7.59. The van der Waals surface area contributed by atoms with E-state index >= 15 is 0 Å². The second-order valence-corrected chi connectivity index (χ2v) is 9.32. The number of amides is 1. The van der Waals surface area contributed by atoms with Gasteiger partial charge >= 0.3 is 5.97 Å². The highest BCUT2D eigenvalue weighted by Crippen LogP contribution is 2.45. The summed E-state index contributed by atoms with van der Waals surface area (Å²) in [7, 11) is 0. The maximum atomic E-state index is 12.3. The Morgan fingerprint density at radius 2 is 1.75 bits per heavy atom. The van der Waals surface area contributed by atoms with Gasteiger partial charge < -0.3 is 10.1 Å². The van der Waals surface area contributed by atoms with Crippen LogP contribution in [0.3, 0.4) is 0 Å². The molecular formula is C22H25NO3S2. The van der Waals surface area contributed by atoms with Crippen molar-refractivity contribution in [2.75, 3.05) is 18.1 Å². The van der Waals surface area contributed by atoms with Gasteiger partial charge in [0.2, 0.25) is 0 Å². The minimum atomic E-state index is -0.472. The number of hydrogen-bond acceptors (Lipinski definition) is 5. The van der Waals surface area contributed by atoms with E-state index in [4.69, 9.17) is 4.74 Å². The Kier molecular flexibility index (Phi) is 7.86. The number of esters is 1. The molecule has 2 aromatic rings. The molecule has 3 rings (SSSR count). The minimum Gasteiger partial charge on any atom is -0.452 e. The van der Waals surface area contributed by atoms with E-state index in [0.29, 0.717) is 10.1 Å². The summed E-state index contributed by atoms with van der Waals surface area (Å²) < 4.78 is 5.66. The van der Waals surface area contributed by atoms with Crippen LogP contribution in [0.1, 0.15) is 51.9 Å². The highest BCUT2D eigenvalue weighted by Gasteiger charge is 2.19. The van der Waals surface area contributed by atoms with Gasteiger partial charge in [-0.25, -0.2) is 4.79 Å². The molecule has 4 nitrogen and oxygen atoms in total. The number of ether oxygens (including phenoxy) is 1. The van der Waals surface area contributed by atoms with Gasteiger partial charge in [-0.05, 0) is 29.7 Å². The summed E-state index contributed by atoms with van der Waals surface area (Å²) >= 11 is 3.85. The van der Waals surface area contributed by atoms with Gasteiger partial charge in [0.05, 0.1) is 16.2 Å². The van der Waals surface area contributed by atoms with Gasteiger partial charge in [0, 0.05) is 11.5 Å². The van der Waals surface area contributed by atoms with Gasteiger partial charge in [-0.3, -0.25) is 4.79 Å². The molecule has 0 spiro atoms. The molecule has 0 bridgehead atoms. The first kappa shape index (κ1) is 20.8. The van der Waals surface area contributed by atoms with Gasteiger partial charge in [0.1, 0.15) is 0 Å². The molecule has 28 heavy (non-hydrogen) atoms. The fourth-order valence-corrected chi connectivity index (χ4v) is 5.93. The number of carbonyl (C=O) groups is 2. The third kappa shape index (κ3) is 5.79. The van der Waals surface area contributed by atoms with Gasteiger partial charge in [0.25, 0.3) is 5.91 Å². The molecule has 1 amide bonds.